The average Bonchev–Trinajstić information content (AvgIpc) is 2.19. The summed E-state index contributed by atoms with van der Waals surface area (Å²) in [4.78, 5) is 10.5. The number of hydrogen-bond donors (Lipinski definition) is 1. The van der Waals surface area contributed by atoms with Gasteiger partial charge in [-0.15, -0.1) is 0 Å². The van der Waals surface area contributed by atoms with Crippen LogP contribution in [0.15, 0.2) is 17.5 Å². The van der Waals surface area contributed by atoms with E-state index < -0.39 is 0 Å². The lowest BCUT2D eigenvalue weighted by molar-refractivity contribution is 1.30. The smallest absolute Gasteiger partial charge is 0.0924 e. The normalized spacial score (nSPS) is 10.6. The molecular formula is C5H7N3. The van der Waals surface area contributed by atoms with Crippen LogP contribution in [-0.4, -0.2) is 23.2 Å². The second-order valence-electron chi connectivity index (χ2n) is 1.39. The van der Waals surface area contributed by atoms with Crippen LogP contribution >= 0.6 is 0 Å². The summed E-state index contributed by atoms with van der Waals surface area (Å²) >= 11 is 0. The molecule has 0 unspecified atom stereocenters. The summed E-state index contributed by atoms with van der Waals surface area (Å²) in [7, 11) is 1.72. The van der Waals surface area contributed by atoms with Crippen LogP contribution in [0.2, 0.25) is 0 Å². The number of aromatic nitrogens is 2. The van der Waals surface area contributed by atoms with Crippen LogP contribution < -0.4 is 0 Å². The molecule has 1 aromatic rings. The number of aliphatic imine (C=N–C) groups is 1. The Hall–Kier alpha value is -1.12. The minimum absolute atomic E-state index is 0.938. The number of H-pyrrole nitrogens is 1. The van der Waals surface area contributed by atoms with Gasteiger partial charge in [0.1, 0.15) is 0 Å². The maximum atomic E-state index is 3.79. The van der Waals surface area contributed by atoms with Gasteiger partial charge in [-0.2, -0.15) is 0 Å². The van der Waals surface area contributed by atoms with E-state index in [4.69, 9.17) is 0 Å². The number of rotatable bonds is 1. The Labute approximate surface area is 47.5 Å². The number of nitrogens with zero attached hydrogens (tertiary/aromatic N) is 2. The predicted octanol–water partition coefficient (Wildman–Crippen LogP) is 0.458. The third-order valence-corrected chi connectivity index (χ3v) is 0.788. The van der Waals surface area contributed by atoms with Gasteiger partial charge in [0.25, 0.3) is 0 Å². The topological polar surface area (TPSA) is 41.0 Å². The van der Waals surface area contributed by atoms with Crippen LogP contribution in [0.4, 0.5) is 0 Å². The molecule has 8 heavy (non-hydrogen) atoms. The van der Waals surface area contributed by atoms with E-state index in [0.717, 1.165) is 5.69 Å². The number of nitrogens with one attached hydrogen (secondary N) is 1. The molecule has 0 amide bonds. The number of imidazole rings is 1. The highest BCUT2D eigenvalue weighted by Crippen LogP contribution is 1.82. The minimum Gasteiger partial charge on any atom is -0.344 e. The van der Waals surface area contributed by atoms with E-state index in [9.17, 15) is 0 Å². The molecule has 42 valence electrons. The summed E-state index contributed by atoms with van der Waals surface area (Å²) in [6.45, 7) is 0. The van der Waals surface area contributed by atoms with E-state index in [0.29, 0.717) is 0 Å². The van der Waals surface area contributed by atoms with Gasteiger partial charge >= 0.3 is 0 Å². The molecule has 0 aromatic carbocycles. The van der Waals surface area contributed by atoms with E-state index >= 15 is 0 Å². The monoisotopic (exact) mass is 109 g/mol. The highest BCUT2D eigenvalue weighted by atomic mass is 14.9. The van der Waals surface area contributed by atoms with Crippen molar-refractivity contribution in [1.29, 1.82) is 0 Å². The lowest BCUT2D eigenvalue weighted by Crippen LogP contribution is -1.75. The van der Waals surface area contributed by atoms with E-state index in [1.807, 2.05) is 0 Å². The highest BCUT2D eigenvalue weighted by molar-refractivity contribution is 5.76. The van der Waals surface area contributed by atoms with Crippen LogP contribution in [0.25, 0.3) is 0 Å². The zero-order valence-electron chi connectivity index (χ0n) is 4.63. The maximum absolute atomic E-state index is 3.79. The fourth-order valence-electron chi connectivity index (χ4n) is 0.476. The maximum Gasteiger partial charge on any atom is 0.0924 e. The predicted molar refractivity (Wildman–Crippen MR) is 32.1 cm³/mol. The molecule has 0 radical (unpaired) electrons. The molecule has 1 heterocycles. The molecule has 0 spiro atoms. The first-order chi connectivity index (χ1) is 3.93. The average molecular weight is 109 g/mol. The molecule has 0 saturated carbocycles. The van der Waals surface area contributed by atoms with Crippen molar-refractivity contribution in [3.05, 3.63) is 18.2 Å². The quantitative estimate of drug-likeness (QED) is 0.523. The van der Waals surface area contributed by atoms with Crippen molar-refractivity contribution < 1.29 is 0 Å². The van der Waals surface area contributed by atoms with Gasteiger partial charge in [-0.25, -0.2) is 4.98 Å². The van der Waals surface area contributed by atoms with Crippen molar-refractivity contribution in [2.75, 3.05) is 7.05 Å². The van der Waals surface area contributed by atoms with E-state index in [1.165, 1.54) is 0 Å². The Bertz CT molecular complexity index is 164. The van der Waals surface area contributed by atoms with Gasteiger partial charge in [0.05, 0.1) is 18.2 Å². The second-order valence-corrected chi connectivity index (χ2v) is 1.39. The summed E-state index contributed by atoms with van der Waals surface area (Å²) in [6, 6.07) is 0. The molecule has 1 rings (SSSR count). The minimum atomic E-state index is 0.938. The van der Waals surface area contributed by atoms with Gasteiger partial charge in [-0.1, -0.05) is 0 Å². The van der Waals surface area contributed by atoms with Crippen molar-refractivity contribution in [3.63, 3.8) is 0 Å². The fourth-order valence-corrected chi connectivity index (χ4v) is 0.476. The molecule has 0 aliphatic rings. The molecule has 1 N–H and O–H groups in total. The first kappa shape index (κ1) is 5.03. The molecule has 0 fully saturated rings. The lowest BCUT2D eigenvalue weighted by Gasteiger charge is -1.75. The van der Waals surface area contributed by atoms with Gasteiger partial charge < -0.3 is 4.98 Å². The molecule has 1 aromatic heterocycles. The largest absolute Gasteiger partial charge is 0.344 e. The molecule has 0 atom stereocenters. The molecular weight excluding hydrogens is 102 g/mol. The number of aromatic amines is 1. The summed E-state index contributed by atoms with van der Waals surface area (Å²) in [5.74, 6) is 0. The first-order valence-corrected chi connectivity index (χ1v) is 2.34. The molecule has 0 saturated heterocycles. The molecule has 0 aliphatic heterocycles. The van der Waals surface area contributed by atoms with Gasteiger partial charge in [-0.05, 0) is 0 Å². The Balaban J connectivity index is 2.77. The van der Waals surface area contributed by atoms with Gasteiger partial charge in [0.15, 0.2) is 0 Å². The van der Waals surface area contributed by atoms with Crippen LogP contribution in [0.3, 0.4) is 0 Å². The van der Waals surface area contributed by atoms with Crippen molar-refractivity contribution in [3.8, 4) is 0 Å². The van der Waals surface area contributed by atoms with Crippen molar-refractivity contribution >= 4 is 6.21 Å². The zero-order valence-corrected chi connectivity index (χ0v) is 4.63. The summed E-state index contributed by atoms with van der Waals surface area (Å²) in [6.07, 6.45) is 5.05. The van der Waals surface area contributed by atoms with E-state index in [-0.39, 0.29) is 0 Å². The Morgan fingerprint density at radius 2 is 2.75 bits per heavy atom. The fraction of sp³-hybridized carbons (Fsp3) is 0.200. The van der Waals surface area contributed by atoms with Crippen molar-refractivity contribution in [1.82, 2.24) is 9.97 Å². The van der Waals surface area contributed by atoms with Gasteiger partial charge in [0.2, 0.25) is 0 Å². The van der Waals surface area contributed by atoms with Crippen molar-refractivity contribution in [2.45, 2.75) is 0 Å². The second kappa shape index (κ2) is 2.26. The van der Waals surface area contributed by atoms with E-state index in [1.54, 1.807) is 25.8 Å². The van der Waals surface area contributed by atoms with Crippen LogP contribution in [0.1, 0.15) is 5.69 Å². The third-order valence-electron chi connectivity index (χ3n) is 0.788. The summed E-state index contributed by atoms with van der Waals surface area (Å²) in [5.41, 5.74) is 0.938. The van der Waals surface area contributed by atoms with Crippen LogP contribution in [0, 0.1) is 0 Å². The lowest BCUT2D eigenvalue weighted by atomic mass is 10.5. The Morgan fingerprint density at radius 1 is 1.88 bits per heavy atom. The van der Waals surface area contributed by atoms with Crippen LogP contribution in [-0.2, 0) is 0 Å². The SMILES string of the molecule is CN=Cc1cnc[nH]1. The Morgan fingerprint density at radius 3 is 3.25 bits per heavy atom. The van der Waals surface area contributed by atoms with Gasteiger partial charge in [-0.3, -0.25) is 4.99 Å². The molecule has 3 nitrogen and oxygen atoms in total. The Kier molecular flexibility index (Phi) is 1.42. The molecule has 0 bridgehead atoms. The molecule has 3 heteroatoms. The number of hydrogen-bond acceptors (Lipinski definition) is 2. The standard InChI is InChI=1S/C5H7N3/c1-6-2-5-3-7-4-8-5/h2-4H,1H3,(H,7,8). The zero-order chi connectivity index (χ0) is 5.82. The molecule has 0 aliphatic carbocycles. The van der Waals surface area contributed by atoms with Crippen LogP contribution in [0.5, 0.6) is 0 Å². The summed E-state index contributed by atoms with van der Waals surface area (Å²) in [5, 5.41) is 0. The van der Waals surface area contributed by atoms with Crippen molar-refractivity contribution in [2.24, 2.45) is 4.99 Å². The first-order valence-electron chi connectivity index (χ1n) is 2.34. The van der Waals surface area contributed by atoms with Gasteiger partial charge in [0, 0.05) is 13.3 Å². The third kappa shape index (κ3) is 0.932. The summed E-state index contributed by atoms with van der Waals surface area (Å²) < 4.78 is 0. The van der Waals surface area contributed by atoms with E-state index in [2.05, 4.69) is 15.0 Å². The highest BCUT2D eigenvalue weighted by Gasteiger charge is 1.81.